The van der Waals surface area contributed by atoms with Crippen molar-refractivity contribution in [1.82, 2.24) is 10.3 Å². The number of halogens is 2. The molecule has 5 heteroatoms. The zero-order chi connectivity index (χ0) is 11.4. The Labute approximate surface area is 102 Å². The van der Waals surface area contributed by atoms with E-state index in [-0.39, 0.29) is 5.82 Å². The quantitative estimate of drug-likeness (QED) is 0.909. The third kappa shape index (κ3) is 3.01. The van der Waals surface area contributed by atoms with Gasteiger partial charge in [-0.1, -0.05) is 11.6 Å². The van der Waals surface area contributed by atoms with E-state index in [1.54, 1.807) is 12.3 Å². The standard InChI is InChI=1S/C11H10ClFN2S/c12-11-4-3-8(16-11)6-14-7-10-9(13)2-1-5-15-10/h1-5,14H,6-7H2. The Morgan fingerprint density at radius 3 is 2.88 bits per heavy atom. The SMILES string of the molecule is Fc1cccnc1CNCc1ccc(Cl)s1. The molecule has 2 heterocycles. The molecule has 0 bridgehead atoms. The highest BCUT2D eigenvalue weighted by molar-refractivity contribution is 7.16. The fourth-order valence-corrected chi connectivity index (χ4v) is 2.36. The molecule has 0 fully saturated rings. The molecule has 84 valence electrons. The molecule has 0 radical (unpaired) electrons. The molecular weight excluding hydrogens is 247 g/mol. The summed E-state index contributed by atoms with van der Waals surface area (Å²) in [6.45, 7) is 1.09. The Bertz CT molecular complexity index is 473. The minimum Gasteiger partial charge on any atom is -0.306 e. The number of thiophene rings is 1. The molecule has 0 aliphatic carbocycles. The number of pyridine rings is 1. The molecule has 0 atom stereocenters. The second kappa shape index (κ2) is 5.39. The highest BCUT2D eigenvalue weighted by Gasteiger charge is 2.02. The lowest BCUT2D eigenvalue weighted by atomic mass is 10.3. The third-order valence-electron chi connectivity index (χ3n) is 2.06. The van der Waals surface area contributed by atoms with Gasteiger partial charge in [-0.05, 0) is 24.3 Å². The van der Waals surface area contributed by atoms with Gasteiger partial charge in [-0.25, -0.2) is 4.39 Å². The van der Waals surface area contributed by atoms with Gasteiger partial charge in [0.15, 0.2) is 0 Å². The molecule has 0 aromatic carbocycles. The second-order valence-corrected chi connectivity index (χ2v) is 5.04. The molecule has 0 amide bonds. The van der Waals surface area contributed by atoms with Gasteiger partial charge in [-0.15, -0.1) is 11.3 Å². The lowest BCUT2D eigenvalue weighted by molar-refractivity contribution is 0.575. The predicted molar refractivity (Wildman–Crippen MR) is 64.1 cm³/mol. The van der Waals surface area contributed by atoms with E-state index in [1.807, 2.05) is 12.1 Å². The molecule has 16 heavy (non-hydrogen) atoms. The maximum atomic E-state index is 13.2. The molecule has 0 saturated heterocycles. The first-order valence-electron chi connectivity index (χ1n) is 4.80. The number of nitrogens with zero attached hydrogens (tertiary/aromatic N) is 1. The summed E-state index contributed by atoms with van der Waals surface area (Å²) in [5.41, 5.74) is 0.435. The highest BCUT2D eigenvalue weighted by Crippen LogP contribution is 2.21. The van der Waals surface area contributed by atoms with Gasteiger partial charge in [0, 0.05) is 24.2 Å². The summed E-state index contributed by atoms with van der Waals surface area (Å²) in [5.74, 6) is -0.279. The van der Waals surface area contributed by atoms with Crippen molar-refractivity contribution in [1.29, 1.82) is 0 Å². The van der Waals surface area contributed by atoms with Crippen LogP contribution in [0.5, 0.6) is 0 Å². The monoisotopic (exact) mass is 256 g/mol. The molecule has 0 saturated carbocycles. The van der Waals surface area contributed by atoms with Crippen molar-refractivity contribution in [3.05, 3.63) is 51.2 Å². The maximum Gasteiger partial charge on any atom is 0.146 e. The summed E-state index contributed by atoms with van der Waals surface area (Å²) in [7, 11) is 0. The first-order valence-corrected chi connectivity index (χ1v) is 5.99. The summed E-state index contributed by atoms with van der Waals surface area (Å²) in [4.78, 5) is 5.08. The van der Waals surface area contributed by atoms with Crippen LogP contribution < -0.4 is 5.32 Å². The minimum atomic E-state index is -0.279. The van der Waals surface area contributed by atoms with E-state index in [4.69, 9.17) is 11.6 Å². The number of hydrogen-bond acceptors (Lipinski definition) is 3. The van der Waals surface area contributed by atoms with Crippen molar-refractivity contribution in [3.8, 4) is 0 Å². The van der Waals surface area contributed by atoms with E-state index in [0.29, 0.717) is 18.8 Å². The van der Waals surface area contributed by atoms with Crippen LogP contribution >= 0.6 is 22.9 Å². The molecule has 0 unspecified atom stereocenters. The Morgan fingerprint density at radius 2 is 2.19 bits per heavy atom. The fourth-order valence-electron chi connectivity index (χ4n) is 1.30. The molecule has 2 aromatic heterocycles. The van der Waals surface area contributed by atoms with Crippen LogP contribution in [-0.4, -0.2) is 4.98 Å². The first-order chi connectivity index (χ1) is 7.75. The second-order valence-electron chi connectivity index (χ2n) is 3.24. The first kappa shape index (κ1) is 11.5. The summed E-state index contributed by atoms with van der Waals surface area (Å²) < 4.78 is 14.0. The zero-order valence-corrected chi connectivity index (χ0v) is 9.98. The smallest absolute Gasteiger partial charge is 0.146 e. The van der Waals surface area contributed by atoms with Crippen LogP contribution in [0.15, 0.2) is 30.5 Å². The normalized spacial score (nSPS) is 10.6. The highest BCUT2D eigenvalue weighted by atomic mass is 35.5. The molecule has 0 spiro atoms. The van der Waals surface area contributed by atoms with Gasteiger partial charge in [-0.3, -0.25) is 4.98 Å². The number of hydrogen-bond donors (Lipinski definition) is 1. The summed E-state index contributed by atoms with van der Waals surface area (Å²) in [5, 5.41) is 3.12. The van der Waals surface area contributed by atoms with Crippen LogP contribution in [0.4, 0.5) is 4.39 Å². The zero-order valence-electron chi connectivity index (χ0n) is 8.41. The van der Waals surface area contributed by atoms with E-state index in [2.05, 4.69) is 10.3 Å². The molecule has 1 N–H and O–H groups in total. The Morgan fingerprint density at radius 1 is 1.31 bits per heavy atom. The Kier molecular flexibility index (Phi) is 3.88. The van der Waals surface area contributed by atoms with Crippen molar-refractivity contribution in [2.45, 2.75) is 13.1 Å². The molecule has 2 aromatic rings. The average Bonchev–Trinajstić information content (AvgIpc) is 2.67. The fraction of sp³-hybridized carbons (Fsp3) is 0.182. The number of aromatic nitrogens is 1. The molecule has 2 rings (SSSR count). The van der Waals surface area contributed by atoms with Crippen molar-refractivity contribution in [3.63, 3.8) is 0 Å². The van der Waals surface area contributed by atoms with Gasteiger partial charge in [0.25, 0.3) is 0 Å². The topological polar surface area (TPSA) is 24.9 Å². The van der Waals surface area contributed by atoms with Gasteiger partial charge >= 0.3 is 0 Å². The van der Waals surface area contributed by atoms with Crippen molar-refractivity contribution in [2.24, 2.45) is 0 Å². The molecule has 0 aliphatic heterocycles. The van der Waals surface area contributed by atoms with Gasteiger partial charge in [-0.2, -0.15) is 0 Å². The van der Waals surface area contributed by atoms with Gasteiger partial charge in [0.1, 0.15) is 5.82 Å². The number of rotatable bonds is 4. The average molecular weight is 257 g/mol. The Balaban J connectivity index is 1.87. The summed E-state index contributed by atoms with van der Waals surface area (Å²) >= 11 is 7.32. The largest absolute Gasteiger partial charge is 0.306 e. The summed E-state index contributed by atoms with van der Waals surface area (Å²) in [6, 6.07) is 6.79. The summed E-state index contributed by atoms with van der Waals surface area (Å²) in [6.07, 6.45) is 1.59. The van der Waals surface area contributed by atoms with E-state index < -0.39 is 0 Å². The van der Waals surface area contributed by atoms with Crippen LogP contribution in [0.3, 0.4) is 0 Å². The van der Waals surface area contributed by atoms with E-state index in [1.165, 1.54) is 17.4 Å². The lowest BCUT2D eigenvalue weighted by Crippen LogP contribution is -2.14. The lowest BCUT2D eigenvalue weighted by Gasteiger charge is -2.03. The predicted octanol–water partition coefficient (Wildman–Crippen LogP) is 3.23. The minimum absolute atomic E-state index is 0.279. The molecular formula is C11H10ClFN2S. The van der Waals surface area contributed by atoms with Crippen molar-refractivity contribution in [2.75, 3.05) is 0 Å². The van der Waals surface area contributed by atoms with Gasteiger partial charge < -0.3 is 5.32 Å². The van der Waals surface area contributed by atoms with E-state index in [0.717, 1.165) is 9.21 Å². The third-order valence-corrected chi connectivity index (χ3v) is 3.29. The van der Waals surface area contributed by atoms with E-state index in [9.17, 15) is 4.39 Å². The van der Waals surface area contributed by atoms with Crippen LogP contribution in [-0.2, 0) is 13.1 Å². The van der Waals surface area contributed by atoms with Crippen LogP contribution in [0.25, 0.3) is 0 Å². The van der Waals surface area contributed by atoms with Crippen molar-refractivity contribution < 1.29 is 4.39 Å². The van der Waals surface area contributed by atoms with Crippen LogP contribution in [0.1, 0.15) is 10.6 Å². The van der Waals surface area contributed by atoms with Crippen molar-refractivity contribution >= 4 is 22.9 Å². The van der Waals surface area contributed by atoms with Gasteiger partial charge in [0.05, 0.1) is 10.0 Å². The maximum absolute atomic E-state index is 13.2. The van der Waals surface area contributed by atoms with Gasteiger partial charge in [0.2, 0.25) is 0 Å². The number of nitrogens with one attached hydrogen (secondary N) is 1. The van der Waals surface area contributed by atoms with E-state index >= 15 is 0 Å². The molecule has 0 aliphatic rings. The van der Waals surface area contributed by atoms with Crippen LogP contribution in [0, 0.1) is 5.82 Å². The Hall–Kier alpha value is -0.970. The molecule has 2 nitrogen and oxygen atoms in total. The van der Waals surface area contributed by atoms with Crippen LogP contribution in [0.2, 0.25) is 4.34 Å².